The second-order valence-corrected chi connectivity index (χ2v) is 2.78. The molecule has 0 aliphatic carbocycles. The Morgan fingerprint density at radius 2 is 2.08 bits per heavy atom. The Hall–Kier alpha value is -1.19. The van der Waals surface area contributed by atoms with E-state index in [0.717, 1.165) is 0 Å². The first kappa shape index (κ1) is 9.89. The average molecular weight is 179 g/mol. The van der Waals surface area contributed by atoms with Crippen LogP contribution in [-0.4, -0.2) is 17.9 Å². The Kier molecular flexibility index (Phi) is 3.17. The SMILES string of the molecule is CCNC(O)(C=O)c1ccccc1. The molecule has 3 heteroatoms. The van der Waals surface area contributed by atoms with E-state index in [2.05, 4.69) is 5.32 Å². The van der Waals surface area contributed by atoms with Crippen molar-refractivity contribution in [1.82, 2.24) is 5.32 Å². The van der Waals surface area contributed by atoms with Gasteiger partial charge in [0.05, 0.1) is 0 Å². The Morgan fingerprint density at radius 3 is 2.54 bits per heavy atom. The molecule has 0 bridgehead atoms. The molecule has 0 aliphatic rings. The Morgan fingerprint density at radius 1 is 1.46 bits per heavy atom. The third-order valence-corrected chi connectivity index (χ3v) is 1.83. The molecule has 1 aromatic carbocycles. The van der Waals surface area contributed by atoms with Crippen molar-refractivity contribution < 1.29 is 9.90 Å². The number of likely N-dealkylation sites (N-methyl/N-ethyl adjacent to an activating group) is 1. The number of benzene rings is 1. The summed E-state index contributed by atoms with van der Waals surface area (Å²) in [5, 5.41) is 12.5. The van der Waals surface area contributed by atoms with E-state index in [1.807, 2.05) is 13.0 Å². The molecule has 0 aromatic heterocycles. The minimum Gasteiger partial charge on any atom is -0.365 e. The number of aliphatic hydroxyl groups is 1. The van der Waals surface area contributed by atoms with Crippen LogP contribution in [-0.2, 0) is 10.5 Å². The highest BCUT2D eigenvalue weighted by molar-refractivity contribution is 5.64. The second kappa shape index (κ2) is 4.16. The summed E-state index contributed by atoms with van der Waals surface area (Å²) in [4.78, 5) is 10.7. The van der Waals surface area contributed by atoms with Gasteiger partial charge in [-0.25, -0.2) is 0 Å². The van der Waals surface area contributed by atoms with E-state index in [9.17, 15) is 9.90 Å². The molecule has 0 radical (unpaired) electrons. The molecule has 2 N–H and O–H groups in total. The fourth-order valence-electron chi connectivity index (χ4n) is 1.17. The molecule has 13 heavy (non-hydrogen) atoms. The lowest BCUT2D eigenvalue weighted by Crippen LogP contribution is -2.43. The monoisotopic (exact) mass is 179 g/mol. The van der Waals surface area contributed by atoms with E-state index in [4.69, 9.17) is 0 Å². The predicted molar refractivity (Wildman–Crippen MR) is 50.1 cm³/mol. The molecule has 1 unspecified atom stereocenters. The van der Waals surface area contributed by atoms with Crippen LogP contribution in [0.2, 0.25) is 0 Å². The standard InChI is InChI=1S/C10H13NO2/c1-2-11-10(13,8-12)9-6-4-3-5-7-9/h3-8,11,13H,2H2,1H3. The summed E-state index contributed by atoms with van der Waals surface area (Å²) in [7, 11) is 0. The van der Waals surface area contributed by atoms with E-state index < -0.39 is 5.72 Å². The lowest BCUT2D eigenvalue weighted by atomic mass is 10.0. The minimum absolute atomic E-state index is 0.506. The molecular formula is C10H13NO2. The second-order valence-electron chi connectivity index (χ2n) is 2.78. The summed E-state index contributed by atoms with van der Waals surface area (Å²) in [6.07, 6.45) is 0.506. The van der Waals surface area contributed by atoms with Crippen molar-refractivity contribution in [1.29, 1.82) is 0 Å². The molecule has 0 saturated heterocycles. The van der Waals surface area contributed by atoms with Crippen LogP contribution >= 0.6 is 0 Å². The number of nitrogens with one attached hydrogen (secondary N) is 1. The number of aldehydes is 1. The van der Waals surface area contributed by atoms with Gasteiger partial charge in [0.2, 0.25) is 0 Å². The summed E-state index contributed by atoms with van der Waals surface area (Å²) in [6.45, 7) is 2.36. The van der Waals surface area contributed by atoms with Crippen molar-refractivity contribution in [3.63, 3.8) is 0 Å². The maximum absolute atomic E-state index is 10.7. The predicted octanol–water partition coefficient (Wildman–Crippen LogP) is 0.640. The zero-order chi connectivity index (χ0) is 9.73. The summed E-state index contributed by atoms with van der Waals surface area (Å²) >= 11 is 0. The van der Waals surface area contributed by atoms with Gasteiger partial charge >= 0.3 is 0 Å². The molecule has 0 spiro atoms. The van der Waals surface area contributed by atoms with Crippen LogP contribution in [0.1, 0.15) is 12.5 Å². The van der Waals surface area contributed by atoms with E-state index in [1.54, 1.807) is 24.3 Å². The largest absolute Gasteiger partial charge is 0.365 e. The van der Waals surface area contributed by atoms with Crippen LogP contribution in [0.3, 0.4) is 0 Å². The first-order valence-corrected chi connectivity index (χ1v) is 4.22. The summed E-state index contributed by atoms with van der Waals surface area (Å²) < 4.78 is 0. The molecule has 1 rings (SSSR count). The first-order valence-electron chi connectivity index (χ1n) is 4.22. The average Bonchev–Trinajstić information content (AvgIpc) is 2.19. The van der Waals surface area contributed by atoms with Crippen molar-refractivity contribution >= 4 is 6.29 Å². The van der Waals surface area contributed by atoms with Crippen molar-refractivity contribution in [2.24, 2.45) is 0 Å². The Labute approximate surface area is 77.4 Å². The molecule has 0 amide bonds. The molecule has 1 atom stereocenters. The van der Waals surface area contributed by atoms with Crippen LogP contribution in [0.4, 0.5) is 0 Å². The number of carbonyl (C=O) groups excluding carboxylic acids is 1. The third kappa shape index (κ3) is 2.14. The highest BCUT2D eigenvalue weighted by Crippen LogP contribution is 2.14. The summed E-state index contributed by atoms with van der Waals surface area (Å²) in [5.74, 6) is 0. The van der Waals surface area contributed by atoms with Crippen molar-refractivity contribution in [3.05, 3.63) is 35.9 Å². The van der Waals surface area contributed by atoms with Gasteiger partial charge in [0.25, 0.3) is 0 Å². The van der Waals surface area contributed by atoms with E-state index in [0.29, 0.717) is 18.4 Å². The van der Waals surface area contributed by atoms with Crippen molar-refractivity contribution in [2.45, 2.75) is 12.6 Å². The van der Waals surface area contributed by atoms with Gasteiger partial charge in [0.15, 0.2) is 12.0 Å². The van der Waals surface area contributed by atoms with Crippen LogP contribution in [0.15, 0.2) is 30.3 Å². The normalized spacial score (nSPS) is 14.9. The quantitative estimate of drug-likeness (QED) is 0.526. The highest BCUT2D eigenvalue weighted by atomic mass is 16.3. The lowest BCUT2D eigenvalue weighted by Gasteiger charge is -2.22. The van der Waals surface area contributed by atoms with Gasteiger partial charge in [-0.3, -0.25) is 10.1 Å². The molecule has 0 fully saturated rings. The van der Waals surface area contributed by atoms with E-state index >= 15 is 0 Å². The summed E-state index contributed by atoms with van der Waals surface area (Å²) in [6, 6.07) is 8.80. The zero-order valence-electron chi connectivity index (χ0n) is 7.53. The smallest absolute Gasteiger partial charge is 0.199 e. The van der Waals surface area contributed by atoms with Gasteiger partial charge in [-0.15, -0.1) is 0 Å². The highest BCUT2D eigenvalue weighted by Gasteiger charge is 2.26. The third-order valence-electron chi connectivity index (χ3n) is 1.83. The molecule has 3 nitrogen and oxygen atoms in total. The van der Waals surface area contributed by atoms with Crippen molar-refractivity contribution in [2.75, 3.05) is 6.54 Å². The van der Waals surface area contributed by atoms with Gasteiger partial charge < -0.3 is 5.11 Å². The summed E-state index contributed by atoms with van der Waals surface area (Å²) in [5.41, 5.74) is -0.984. The molecule has 0 aliphatic heterocycles. The van der Waals surface area contributed by atoms with Gasteiger partial charge in [0, 0.05) is 5.56 Å². The molecule has 0 heterocycles. The topological polar surface area (TPSA) is 49.3 Å². The number of hydrogen-bond donors (Lipinski definition) is 2. The van der Waals surface area contributed by atoms with Gasteiger partial charge in [-0.05, 0) is 6.54 Å². The molecule has 70 valence electrons. The number of hydrogen-bond acceptors (Lipinski definition) is 3. The maximum Gasteiger partial charge on any atom is 0.199 e. The fourth-order valence-corrected chi connectivity index (χ4v) is 1.17. The molecule has 1 aromatic rings. The lowest BCUT2D eigenvalue weighted by molar-refractivity contribution is -0.128. The van der Waals surface area contributed by atoms with Gasteiger partial charge in [0.1, 0.15) is 0 Å². The van der Waals surface area contributed by atoms with Crippen LogP contribution in [0, 0.1) is 0 Å². The number of rotatable bonds is 4. The first-order chi connectivity index (χ1) is 6.23. The Bertz CT molecular complexity index is 274. The van der Waals surface area contributed by atoms with E-state index in [1.165, 1.54) is 0 Å². The van der Waals surface area contributed by atoms with Crippen LogP contribution in [0.25, 0.3) is 0 Å². The number of carbonyl (C=O) groups is 1. The van der Waals surface area contributed by atoms with Crippen LogP contribution < -0.4 is 5.32 Å². The van der Waals surface area contributed by atoms with E-state index in [-0.39, 0.29) is 0 Å². The molecular weight excluding hydrogens is 166 g/mol. The van der Waals surface area contributed by atoms with Crippen LogP contribution in [0.5, 0.6) is 0 Å². The Balaban J connectivity index is 2.95. The molecule has 0 saturated carbocycles. The fraction of sp³-hybridized carbons (Fsp3) is 0.300. The van der Waals surface area contributed by atoms with Crippen molar-refractivity contribution in [3.8, 4) is 0 Å². The minimum atomic E-state index is -1.55. The van der Waals surface area contributed by atoms with Gasteiger partial charge in [-0.2, -0.15) is 0 Å². The van der Waals surface area contributed by atoms with Gasteiger partial charge in [-0.1, -0.05) is 37.3 Å². The maximum atomic E-state index is 10.7. The zero-order valence-corrected chi connectivity index (χ0v) is 7.53.